The van der Waals surface area contributed by atoms with E-state index < -0.39 is 0 Å². The van der Waals surface area contributed by atoms with Gasteiger partial charge >= 0.3 is 0 Å². The fourth-order valence-corrected chi connectivity index (χ4v) is 2.94. The molecular weight excluding hydrogens is 350 g/mol. The van der Waals surface area contributed by atoms with Gasteiger partial charge in [-0.2, -0.15) is 0 Å². The van der Waals surface area contributed by atoms with Crippen LogP contribution in [0.15, 0.2) is 48.5 Å². The van der Waals surface area contributed by atoms with Crippen molar-refractivity contribution in [3.8, 4) is 0 Å². The highest BCUT2D eigenvalue weighted by molar-refractivity contribution is 5.95. The SMILES string of the molecule is CCc1ccccc1NC(=O)CN(C)CC(=O)Nc1ccc(C(C)(C)C)cc1. The summed E-state index contributed by atoms with van der Waals surface area (Å²) in [6, 6.07) is 15.6. The van der Waals surface area contributed by atoms with E-state index >= 15 is 0 Å². The fourth-order valence-electron chi connectivity index (χ4n) is 2.94. The maximum absolute atomic E-state index is 12.3. The summed E-state index contributed by atoms with van der Waals surface area (Å²) in [4.78, 5) is 26.2. The van der Waals surface area contributed by atoms with Crippen LogP contribution in [0.1, 0.15) is 38.8 Å². The number of nitrogens with zero attached hydrogens (tertiary/aromatic N) is 1. The zero-order valence-electron chi connectivity index (χ0n) is 17.5. The molecule has 2 aromatic rings. The van der Waals surface area contributed by atoms with Crippen molar-refractivity contribution in [3.05, 3.63) is 59.7 Å². The summed E-state index contributed by atoms with van der Waals surface area (Å²) in [5, 5.41) is 5.80. The number of nitrogens with one attached hydrogen (secondary N) is 2. The second-order valence-corrected chi connectivity index (χ2v) is 8.11. The van der Waals surface area contributed by atoms with Gasteiger partial charge in [0.1, 0.15) is 0 Å². The number of amides is 2. The Hall–Kier alpha value is -2.66. The summed E-state index contributed by atoms with van der Waals surface area (Å²) in [6.45, 7) is 8.80. The maximum Gasteiger partial charge on any atom is 0.238 e. The predicted octanol–water partition coefficient (Wildman–Crippen LogP) is 4.06. The maximum atomic E-state index is 12.3. The van der Waals surface area contributed by atoms with Crippen molar-refractivity contribution in [1.29, 1.82) is 0 Å². The Morgan fingerprint density at radius 1 is 0.893 bits per heavy atom. The Labute approximate surface area is 168 Å². The molecule has 0 heterocycles. The lowest BCUT2D eigenvalue weighted by Crippen LogP contribution is -2.36. The first-order chi connectivity index (χ1) is 13.2. The zero-order chi connectivity index (χ0) is 20.7. The molecule has 0 aliphatic heterocycles. The Balaban J connectivity index is 1.84. The summed E-state index contributed by atoms with van der Waals surface area (Å²) in [7, 11) is 1.76. The lowest BCUT2D eigenvalue weighted by molar-refractivity contribution is -0.119. The number of aryl methyl sites for hydroxylation is 1. The van der Waals surface area contributed by atoms with Gasteiger partial charge in [-0.3, -0.25) is 14.5 Å². The van der Waals surface area contributed by atoms with Crippen LogP contribution in [0.2, 0.25) is 0 Å². The second-order valence-electron chi connectivity index (χ2n) is 8.11. The lowest BCUT2D eigenvalue weighted by atomic mass is 9.87. The average molecular weight is 382 g/mol. The minimum absolute atomic E-state index is 0.0759. The summed E-state index contributed by atoms with van der Waals surface area (Å²) in [6.07, 6.45) is 0.850. The van der Waals surface area contributed by atoms with Crippen LogP contribution >= 0.6 is 0 Å². The summed E-state index contributed by atoms with van der Waals surface area (Å²) < 4.78 is 0. The molecule has 0 spiro atoms. The minimum Gasteiger partial charge on any atom is -0.325 e. The van der Waals surface area contributed by atoms with E-state index in [-0.39, 0.29) is 30.3 Å². The molecule has 0 saturated carbocycles. The van der Waals surface area contributed by atoms with Crippen LogP contribution in [0, 0.1) is 0 Å². The van der Waals surface area contributed by atoms with Crippen LogP contribution in [-0.4, -0.2) is 36.9 Å². The molecule has 0 aliphatic rings. The van der Waals surface area contributed by atoms with Gasteiger partial charge in [-0.25, -0.2) is 0 Å². The summed E-state index contributed by atoms with van der Waals surface area (Å²) in [5.74, 6) is -0.279. The fraction of sp³-hybridized carbons (Fsp3) is 0.391. The van der Waals surface area contributed by atoms with Crippen molar-refractivity contribution in [2.45, 2.75) is 39.5 Å². The third-order valence-corrected chi connectivity index (χ3v) is 4.53. The van der Waals surface area contributed by atoms with Crippen LogP contribution in [0.3, 0.4) is 0 Å². The van der Waals surface area contributed by atoms with Gasteiger partial charge in [0.25, 0.3) is 0 Å². The highest BCUT2D eigenvalue weighted by Crippen LogP contribution is 2.23. The number of hydrogen-bond acceptors (Lipinski definition) is 3. The first kappa shape index (κ1) is 21.6. The summed E-state index contributed by atoms with van der Waals surface area (Å²) >= 11 is 0. The second kappa shape index (κ2) is 9.51. The van der Waals surface area contributed by atoms with Crippen molar-refractivity contribution in [3.63, 3.8) is 0 Å². The third kappa shape index (κ3) is 6.50. The van der Waals surface area contributed by atoms with Gasteiger partial charge in [-0.1, -0.05) is 58.0 Å². The lowest BCUT2D eigenvalue weighted by Gasteiger charge is -2.19. The van der Waals surface area contributed by atoms with Crippen LogP contribution in [-0.2, 0) is 21.4 Å². The molecule has 28 heavy (non-hydrogen) atoms. The Bertz CT molecular complexity index is 807. The highest BCUT2D eigenvalue weighted by atomic mass is 16.2. The smallest absolute Gasteiger partial charge is 0.238 e. The number of anilines is 2. The van der Waals surface area contributed by atoms with E-state index in [9.17, 15) is 9.59 Å². The molecule has 0 unspecified atom stereocenters. The number of likely N-dealkylation sites (N-methyl/N-ethyl adjacent to an activating group) is 1. The number of rotatable bonds is 7. The molecule has 0 aromatic heterocycles. The van der Waals surface area contributed by atoms with E-state index in [2.05, 4.69) is 38.3 Å². The van der Waals surface area contributed by atoms with Crippen LogP contribution in [0.5, 0.6) is 0 Å². The largest absolute Gasteiger partial charge is 0.325 e. The van der Waals surface area contributed by atoms with Gasteiger partial charge in [0.05, 0.1) is 13.1 Å². The van der Waals surface area contributed by atoms with Crippen molar-refractivity contribution in [2.24, 2.45) is 0 Å². The normalized spacial score (nSPS) is 11.4. The molecule has 2 N–H and O–H groups in total. The first-order valence-corrected chi connectivity index (χ1v) is 9.65. The van der Waals surface area contributed by atoms with E-state index in [1.807, 2.05) is 48.5 Å². The molecule has 0 saturated heterocycles. The van der Waals surface area contributed by atoms with Gasteiger partial charge in [0, 0.05) is 11.4 Å². The molecule has 5 heteroatoms. The number of carbonyl (C=O) groups is 2. The van der Waals surface area contributed by atoms with E-state index in [1.54, 1.807) is 11.9 Å². The van der Waals surface area contributed by atoms with Gasteiger partial charge in [-0.05, 0) is 48.2 Å². The van der Waals surface area contributed by atoms with Crippen LogP contribution < -0.4 is 10.6 Å². The first-order valence-electron chi connectivity index (χ1n) is 9.65. The topological polar surface area (TPSA) is 61.4 Å². The molecule has 5 nitrogen and oxygen atoms in total. The molecule has 2 rings (SSSR count). The van der Waals surface area contributed by atoms with E-state index in [4.69, 9.17) is 0 Å². The van der Waals surface area contributed by atoms with Gasteiger partial charge < -0.3 is 10.6 Å². The minimum atomic E-state index is -0.146. The van der Waals surface area contributed by atoms with Crippen molar-refractivity contribution >= 4 is 23.2 Å². The molecule has 2 amide bonds. The molecule has 0 atom stereocenters. The molecule has 2 aromatic carbocycles. The van der Waals surface area contributed by atoms with E-state index in [0.29, 0.717) is 0 Å². The van der Waals surface area contributed by atoms with Crippen molar-refractivity contribution in [2.75, 3.05) is 30.8 Å². The zero-order valence-corrected chi connectivity index (χ0v) is 17.5. The number of carbonyl (C=O) groups excluding carboxylic acids is 2. The third-order valence-electron chi connectivity index (χ3n) is 4.53. The van der Waals surface area contributed by atoms with E-state index in [0.717, 1.165) is 23.4 Å². The van der Waals surface area contributed by atoms with E-state index in [1.165, 1.54) is 5.56 Å². The van der Waals surface area contributed by atoms with Crippen molar-refractivity contribution in [1.82, 2.24) is 4.90 Å². The van der Waals surface area contributed by atoms with Gasteiger partial charge in [0.15, 0.2) is 0 Å². The van der Waals surface area contributed by atoms with Gasteiger partial charge in [0.2, 0.25) is 11.8 Å². The van der Waals surface area contributed by atoms with Gasteiger partial charge in [-0.15, -0.1) is 0 Å². The molecule has 0 fully saturated rings. The molecule has 0 radical (unpaired) electrons. The number of hydrogen-bond donors (Lipinski definition) is 2. The monoisotopic (exact) mass is 381 g/mol. The standard InChI is InChI=1S/C23H31N3O2/c1-6-17-9-7-8-10-20(17)25-22(28)16-26(5)15-21(27)24-19-13-11-18(12-14-19)23(2,3)4/h7-14H,6,15-16H2,1-5H3,(H,24,27)(H,25,28). The molecular formula is C23H31N3O2. The van der Waals surface area contributed by atoms with Crippen LogP contribution in [0.4, 0.5) is 11.4 Å². The Morgan fingerprint density at radius 2 is 1.46 bits per heavy atom. The number of para-hydroxylation sites is 1. The van der Waals surface area contributed by atoms with Crippen LogP contribution in [0.25, 0.3) is 0 Å². The predicted molar refractivity (Wildman–Crippen MR) is 116 cm³/mol. The molecule has 0 aliphatic carbocycles. The quantitative estimate of drug-likeness (QED) is 0.760. The number of benzene rings is 2. The molecule has 150 valence electrons. The average Bonchev–Trinajstić information content (AvgIpc) is 2.61. The van der Waals surface area contributed by atoms with Crippen molar-refractivity contribution < 1.29 is 9.59 Å². The Kier molecular flexibility index (Phi) is 7.35. The summed E-state index contributed by atoms with van der Waals surface area (Å²) in [5.41, 5.74) is 3.97. The molecule has 0 bridgehead atoms. The highest BCUT2D eigenvalue weighted by Gasteiger charge is 2.14. The Morgan fingerprint density at radius 3 is 2.04 bits per heavy atom.